The fourth-order valence-corrected chi connectivity index (χ4v) is 2.50. The summed E-state index contributed by atoms with van der Waals surface area (Å²) in [5.41, 5.74) is 1.00. The van der Waals surface area contributed by atoms with Crippen LogP contribution in [0, 0.1) is 11.7 Å². The molecule has 1 aromatic rings. The molecule has 21 heavy (non-hydrogen) atoms. The SMILES string of the molecule is O=CC1CCN(CC(=O)NCCc2ccc(F)cc2)CC1. The number of carbonyl (C=O) groups is 2. The molecule has 114 valence electrons. The van der Waals surface area contributed by atoms with Gasteiger partial charge in [-0.25, -0.2) is 4.39 Å². The molecule has 4 nitrogen and oxygen atoms in total. The molecule has 1 heterocycles. The van der Waals surface area contributed by atoms with Crippen molar-refractivity contribution in [3.8, 4) is 0 Å². The van der Waals surface area contributed by atoms with Gasteiger partial charge in [0.2, 0.25) is 5.91 Å². The molecule has 1 aromatic carbocycles. The largest absolute Gasteiger partial charge is 0.355 e. The molecule has 1 aliphatic heterocycles. The van der Waals surface area contributed by atoms with Gasteiger partial charge in [-0.3, -0.25) is 9.69 Å². The topological polar surface area (TPSA) is 49.4 Å². The number of piperidine rings is 1. The number of carbonyl (C=O) groups excluding carboxylic acids is 2. The number of aldehydes is 1. The number of halogens is 1. The maximum atomic E-state index is 12.8. The van der Waals surface area contributed by atoms with Crippen LogP contribution in [0.15, 0.2) is 24.3 Å². The van der Waals surface area contributed by atoms with Crippen molar-refractivity contribution in [3.05, 3.63) is 35.6 Å². The van der Waals surface area contributed by atoms with Crippen LogP contribution in [0.5, 0.6) is 0 Å². The molecule has 5 heteroatoms. The minimum absolute atomic E-state index is 0.00154. The highest BCUT2D eigenvalue weighted by Crippen LogP contribution is 2.14. The molecule has 0 spiro atoms. The Hall–Kier alpha value is -1.75. The first-order valence-corrected chi connectivity index (χ1v) is 7.36. The summed E-state index contributed by atoms with van der Waals surface area (Å²) in [5, 5.41) is 2.87. The number of likely N-dealkylation sites (tertiary alicyclic amines) is 1. The van der Waals surface area contributed by atoms with E-state index >= 15 is 0 Å². The van der Waals surface area contributed by atoms with Crippen molar-refractivity contribution >= 4 is 12.2 Å². The Morgan fingerprint density at radius 1 is 1.29 bits per heavy atom. The summed E-state index contributed by atoms with van der Waals surface area (Å²) in [6, 6.07) is 6.31. The van der Waals surface area contributed by atoms with E-state index in [4.69, 9.17) is 0 Å². The quantitative estimate of drug-likeness (QED) is 0.806. The highest BCUT2D eigenvalue weighted by Gasteiger charge is 2.19. The lowest BCUT2D eigenvalue weighted by Gasteiger charge is -2.28. The first-order chi connectivity index (χ1) is 10.2. The Labute approximate surface area is 124 Å². The van der Waals surface area contributed by atoms with E-state index in [0.717, 1.165) is 37.8 Å². The summed E-state index contributed by atoms with van der Waals surface area (Å²) in [6.45, 7) is 2.54. The van der Waals surface area contributed by atoms with Crippen LogP contribution in [-0.2, 0) is 16.0 Å². The van der Waals surface area contributed by atoms with Gasteiger partial charge in [0.05, 0.1) is 6.54 Å². The first-order valence-electron chi connectivity index (χ1n) is 7.36. The molecule has 1 saturated heterocycles. The van der Waals surface area contributed by atoms with Gasteiger partial charge in [-0.15, -0.1) is 0 Å². The van der Waals surface area contributed by atoms with E-state index in [9.17, 15) is 14.0 Å². The number of nitrogens with one attached hydrogen (secondary N) is 1. The molecule has 0 atom stereocenters. The Balaban J connectivity index is 1.63. The summed E-state index contributed by atoms with van der Waals surface area (Å²) >= 11 is 0. The predicted molar refractivity (Wildman–Crippen MR) is 78.3 cm³/mol. The fraction of sp³-hybridized carbons (Fsp3) is 0.500. The Bertz CT molecular complexity index is 468. The number of hydrogen-bond acceptors (Lipinski definition) is 3. The summed E-state index contributed by atoms with van der Waals surface area (Å²) in [5.74, 6) is -0.0917. The molecule has 0 unspecified atom stereocenters. The zero-order valence-electron chi connectivity index (χ0n) is 12.1. The maximum Gasteiger partial charge on any atom is 0.234 e. The maximum absolute atomic E-state index is 12.8. The number of benzene rings is 1. The molecule has 0 saturated carbocycles. The van der Waals surface area contributed by atoms with E-state index in [2.05, 4.69) is 10.2 Å². The summed E-state index contributed by atoms with van der Waals surface area (Å²) < 4.78 is 12.8. The van der Waals surface area contributed by atoms with Crippen molar-refractivity contribution in [2.45, 2.75) is 19.3 Å². The van der Waals surface area contributed by atoms with Crippen LogP contribution in [0.25, 0.3) is 0 Å². The molecule has 1 amide bonds. The van der Waals surface area contributed by atoms with Gasteiger partial charge in [0.1, 0.15) is 12.1 Å². The number of nitrogens with zero attached hydrogens (tertiary/aromatic N) is 1. The lowest BCUT2D eigenvalue weighted by atomic mass is 9.99. The monoisotopic (exact) mass is 292 g/mol. The van der Waals surface area contributed by atoms with E-state index in [1.807, 2.05) is 0 Å². The van der Waals surface area contributed by atoms with Crippen molar-refractivity contribution in [2.24, 2.45) is 5.92 Å². The second kappa shape index (κ2) is 7.88. The molecule has 1 aliphatic rings. The van der Waals surface area contributed by atoms with Gasteiger partial charge in [-0.2, -0.15) is 0 Å². The molecular weight excluding hydrogens is 271 g/mol. The Morgan fingerprint density at radius 3 is 2.57 bits per heavy atom. The minimum Gasteiger partial charge on any atom is -0.355 e. The van der Waals surface area contributed by atoms with E-state index < -0.39 is 0 Å². The lowest BCUT2D eigenvalue weighted by molar-refractivity contribution is -0.122. The van der Waals surface area contributed by atoms with Gasteiger partial charge < -0.3 is 10.1 Å². The van der Waals surface area contributed by atoms with Crippen LogP contribution in [0.2, 0.25) is 0 Å². The predicted octanol–water partition coefficient (Wildman–Crippen LogP) is 1.40. The van der Waals surface area contributed by atoms with Crippen LogP contribution in [-0.4, -0.2) is 43.3 Å². The standard InChI is InChI=1S/C16H21FN2O2/c17-15-3-1-13(2-4-15)5-8-18-16(21)11-19-9-6-14(12-20)7-10-19/h1-4,12,14H,5-11H2,(H,18,21). The van der Waals surface area contributed by atoms with Crippen molar-refractivity contribution in [2.75, 3.05) is 26.2 Å². The van der Waals surface area contributed by atoms with Crippen LogP contribution < -0.4 is 5.32 Å². The fourth-order valence-electron chi connectivity index (χ4n) is 2.50. The summed E-state index contributed by atoms with van der Waals surface area (Å²) in [4.78, 5) is 24.6. The molecule has 0 aromatic heterocycles. The molecular formula is C16H21FN2O2. The average molecular weight is 292 g/mol. The van der Waals surface area contributed by atoms with E-state index in [0.29, 0.717) is 19.5 Å². The van der Waals surface area contributed by atoms with Gasteiger partial charge >= 0.3 is 0 Å². The summed E-state index contributed by atoms with van der Waals surface area (Å²) in [6.07, 6.45) is 3.39. The second-order valence-corrected chi connectivity index (χ2v) is 5.48. The van der Waals surface area contributed by atoms with Crippen molar-refractivity contribution in [1.29, 1.82) is 0 Å². The van der Waals surface area contributed by atoms with Crippen molar-refractivity contribution in [3.63, 3.8) is 0 Å². The Kier molecular flexibility index (Phi) is 5.87. The molecule has 1 fully saturated rings. The minimum atomic E-state index is -0.249. The van der Waals surface area contributed by atoms with Gasteiger partial charge in [0, 0.05) is 12.5 Å². The van der Waals surface area contributed by atoms with Crippen LogP contribution in [0.4, 0.5) is 4.39 Å². The van der Waals surface area contributed by atoms with Crippen LogP contribution >= 0.6 is 0 Å². The van der Waals surface area contributed by atoms with Crippen molar-refractivity contribution < 1.29 is 14.0 Å². The third kappa shape index (κ3) is 5.27. The smallest absolute Gasteiger partial charge is 0.234 e. The molecule has 0 aliphatic carbocycles. The van der Waals surface area contributed by atoms with Crippen LogP contribution in [0.1, 0.15) is 18.4 Å². The van der Waals surface area contributed by atoms with Gasteiger partial charge in [0.15, 0.2) is 0 Å². The highest BCUT2D eigenvalue weighted by atomic mass is 19.1. The molecule has 1 N–H and O–H groups in total. The van der Waals surface area contributed by atoms with Gasteiger partial charge in [0.25, 0.3) is 0 Å². The van der Waals surface area contributed by atoms with E-state index in [1.54, 1.807) is 12.1 Å². The third-order valence-corrected chi connectivity index (χ3v) is 3.84. The second-order valence-electron chi connectivity index (χ2n) is 5.48. The number of hydrogen-bond donors (Lipinski definition) is 1. The first kappa shape index (κ1) is 15.6. The normalized spacial score (nSPS) is 16.6. The third-order valence-electron chi connectivity index (χ3n) is 3.84. The molecule has 0 radical (unpaired) electrons. The zero-order chi connectivity index (χ0) is 15.1. The van der Waals surface area contributed by atoms with Crippen molar-refractivity contribution in [1.82, 2.24) is 10.2 Å². The Morgan fingerprint density at radius 2 is 1.95 bits per heavy atom. The number of amides is 1. The zero-order valence-corrected chi connectivity index (χ0v) is 12.1. The summed E-state index contributed by atoms with van der Waals surface area (Å²) in [7, 11) is 0. The number of rotatable bonds is 6. The average Bonchev–Trinajstić information content (AvgIpc) is 2.50. The van der Waals surface area contributed by atoms with E-state index in [1.165, 1.54) is 12.1 Å². The van der Waals surface area contributed by atoms with Gasteiger partial charge in [-0.05, 0) is 50.0 Å². The highest BCUT2D eigenvalue weighted by molar-refractivity contribution is 5.78. The lowest BCUT2D eigenvalue weighted by Crippen LogP contribution is -2.42. The van der Waals surface area contributed by atoms with Crippen LogP contribution in [0.3, 0.4) is 0 Å². The molecule has 2 rings (SSSR count). The van der Waals surface area contributed by atoms with Gasteiger partial charge in [-0.1, -0.05) is 12.1 Å². The molecule has 0 bridgehead atoms. The van der Waals surface area contributed by atoms with E-state index in [-0.39, 0.29) is 17.6 Å².